The summed E-state index contributed by atoms with van der Waals surface area (Å²) in [6.07, 6.45) is 1.49. The third kappa shape index (κ3) is 4.52. The van der Waals surface area contributed by atoms with Crippen LogP contribution in [0.4, 0.5) is 28.8 Å². The summed E-state index contributed by atoms with van der Waals surface area (Å²) in [6.45, 7) is 1.45. The van der Waals surface area contributed by atoms with Gasteiger partial charge in [-0.05, 0) is 42.5 Å². The molecule has 128 valence electrons. The number of benzene rings is 2. The molecule has 0 aliphatic heterocycles. The monoisotopic (exact) mass is 345 g/mol. The van der Waals surface area contributed by atoms with E-state index < -0.39 is 0 Å². The lowest BCUT2D eigenvalue weighted by Gasteiger charge is -2.08. The quantitative estimate of drug-likeness (QED) is 0.650. The number of nitrogens with one attached hydrogen (secondary N) is 3. The van der Waals surface area contributed by atoms with E-state index >= 15 is 0 Å². The van der Waals surface area contributed by atoms with Crippen molar-refractivity contribution in [1.29, 1.82) is 5.26 Å². The molecule has 0 spiro atoms. The third-order valence-corrected chi connectivity index (χ3v) is 3.28. The highest BCUT2D eigenvalue weighted by molar-refractivity contribution is 5.88. The molecule has 26 heavy (non-hydrogen) atoms. The van der Waals surface area contributed by atoms with Crippen LogP contribution < -0.4 is 16.0 Å². The molecule has 8 heteroatoms. The van der Waals surface area contributed by atoms with E-state index in [1.165, 1.54) is 13.1 Å². The molecule has 2 aromatic carbocycles. The van der Waals surface area contributed by atoms with E-state index in [0.717, 1.165) is 11.4 Å². The normalized spacial score (nSPS) is 9.85. The van der Waals surface area contributed by atoms with Gasteiger partial charge in [0, 0.05) is 24.0 Å². The molecular weight excluding hydrogens is 330 g/mol. The van der Waals surface area contributed by atoms with Gasteiger partial charge in [-0.1, -0.05) is 6.07 Å². The molecule has 0 saturated heterocycles. The first-order valence-electron chi connectivity index (χ1n) is 7.74. The Morgan fingerprint density at radius 3 is 2.54 bits per heavy atom. The van der Waals surface area contributed by atoms with Gasteiger partial charge >= 0.3 is 0 Å². The smallest absolute Gasteiger partial charge is 0.249 e. The van der Waals surface area contributed by atoms with Crippen LogP contribution in [0.15, 0.2) is 54.7 Å². The van der Waals surface area contributed by atoms with Gasteiger partial charge < -0.3 is 16.0 Å². The molecule has 3 aromatic rings. The number of amides is 1. The van der Waals surface area contributed by atoms with Gasteiger partial charge in [0.2, 0.25) is 11.9 Å². The zero-order valence-electron chi connectivity index (χ0n) is 13.9. The summed E-state index contributed by atoms with van der Waals surface area (Å²) in [5.41, 5.74) is 2.74. The molecule has 0 aliphatic rings. The molecule has 3 rings (SSSR count). The highest BCUT2D eigenvalue weighted by Crippen LogP contribution is 2.19. The SMILES string of the molecule is CC(=O)Nc1ccc(Nc2nncc(Nc3cccc(C#N)c3)n2)cc1. The number of nitrogens with zero attached hydrogens (tertiary/aromatic N) is 4. The number of anilines is 5. The second kappa shape index (κ2) is 7.72. The molecule has 0 unspecified atom stereocenters. The van der Waals surface area contributed by atoms with Gasteiger partial charge in [0.25, 0.3) is 0 Å². The average Bonchev–Trinajstić information content (AvgIpc) is 2.63. The average molecular weight is 345 g/mol. The van der Waals surface area contributed by atoms with Crippen LogP contribution in [0, 0.1) is 11.3 Å². The van der Waals surface area contributed by atoms with Crippen molar-refractivity contribution >= 4 is 34.7 Å². The minimum Gasteiger partial charge on any atom is -0.339 e. The lowest BCUT2D eigenvalue weighted by atomic mass is 10.2. The first-order valence-corrected chi connectivity index (χ1v) is 7.74. The predicted octanol–water partition coefficient (Wildman–Crippen LogP) is 3.19. The number of hydrogen-bond acceptors (Lipinski definition) is 7. The van der Waals surface area contributed by atoms with Crippen LogP contribution in [0.25, 0.3) is 0 Å². The van der Waals surface area contributed by atoms with Crippen molar-refractivity contribution in [2.45, 2.75) is 6.92 Å². The van der Waals surface area contributed by atoms with Crippen molar-refractivity contribution in [1.82, 2.24) is 15.2 Å². The van der Waals surface area contributed by atoms with Gasteiger partial charge in [0.05, 0.1) is 17.8 Å². The summed E-state index contributed by atoms with van der Waals surface area (Å²) in [5.74, 6) is 0.684. The second-order valence-corrected chi connectivity index (χ2v) is 5.37. The number of rotatable bonds is 5. The summed E-state index contributed by atoms with van der Waals surface area (Å²) >= 11 is 0. The van der Waals surface area contributed by atoms with Crippen LogP contribution in [0.3, 0.4) is 0 Å². The van der Waals surface area contributed by atoms with Crippen LogP contribution >= 0.6 is 0 Å². The Kier molecular flexibility index (Phi) is 5.00. The molecule has 1 aromatic heterocycles. The topological polar surface area (TPSA) is 116 Å². The van der Waals surface area contributed by atoms with E-state index in [4.69, 9.17) is 5.26 Å². The first kappa shape index (κ1) is 16.9. The predicted molar refractivity (Wildman–Crippen MR) is 98.3 cm³/mol. The van der Waals surface area contributed by atoms with E-state index in [9.17, 15) is 4.79 Å². The van der Waals surface area contributed by atoms with Crippen LogP contribution in [-0.4, -0.2) is 21.1 Å². The van der Waals surface area contributed by atoms with Gasteiger partial charge in [-0.2, -0.15) is 15.3 Å². The number of carbonyl (C=O) groups is 1. The van der Waals surface area contributed by atoms with Crippen LogP contribution in [0.2, 0.25) is 0 Å². The largest absolute Gasteiger partial charge is 0.339 e. The van der Waals surface area contributed by atoms with Gasteiger partial charge in [0.15, 0.2) is 5.82 Å². The standard InChI is InChI=1S/C18H15N7O/c1-12(26)21-14-5-7-15(8-6-14)23-18-24-17(11-20-25-18)22-16-4-2-3-13(9-16)10-19/h2-9,11H,1H3,(H,21,26)(H2,22,23,24,25). The fourth-order valence-corrected chi connectivity index (χ4v) is 2.20. The van der Waals surface area contributed by atoms with Crippen molar-refractivity contribution in [2.75, 3.05) is 16.0 Å². The zero-order chi connectivity index (χ0) is 18.4. The minimum atomic E-state index is -0.127. The molecule has 1 heterocycles. The Hall–Kier alpha value is -3.99. The van der Waals surface area contributed by atoms with Crippen LogP contribution in [0.1, 0.15) is 12.5 Å². The van der Waals surface area contributed by atoms with Crippen molar-refractivity contribution in [3.05, 3.63) is 60.3 Å². The molecule has 0 atom stereocenters. The Bertz CT molecular complexity index is 964. The zero-order valence-corrected chi connectivity index (χ0v) is 13.9. The Morgan fingerprint density at radius 1 is 1.04 bits per heavy atom. The maximum atomic E-state index is 11.0. The van der Waals surface area contributed by atoms with E-state index in [-0.39, 0.29) is 5.91 Å². The number of nitriles is 1. The summed E-state index contributed by atoms with van der Waals surface area (Å²) < 4.78 is 0. The second-order valence-electron chi connectivity index (χ2n) is 5.37. The van der Waals surface area contributed by atoms with Gasteiger partial charge in [0.1, 0.15) is 0 Å². The van der Waals surface area contributed by atoms with Crippen LogP contribution in [-0.2, 0) is 4.79 Å². The fraction of sp³-hybridized carbons (Fsp3) is 0.0556. The van der Waals surface area contributed by atoms with E-state index in [2.05, 4.69) is 37.2 Å². The molecule has 0 saturated carbocycles. The Labute approximate surface area is 149 Å². The van der Waals surface area contributed by atoms with Gasteiger partial charge in [-0.15, -0.1) is 5.10 Å². The minimum absolute atomic E-state index is 0.127. The summed E-state index contributed by atoms with van der Waals surface area (Å²) in [4.78, 5) is 15.4. The van der Waals surface area contributed by atoms with Gasteiger partial charge in [-0.3, -0.25) is 4.79 Å². The van der Waals surface area contributed by atoms with E-state index in [0.29, 0.717) is 23.0 Å². The molecule has 3 N–H and O–H groups in total. The van der Waals surface area contributed by atoms with Crippen molar-refractivity contribution in [2.24, 2.45) is 0 Å². The van der Waals surface area contributed by atoms with E-state index in [1.807, 2.05) is 6.07 Å². The maximum absolute atomic E-state index is 11.0. The molecule has 1 amide bonds. The maximum Gasteiger partial charge on any atom is 0.249 e. The molecule has 0 radical (unpaired) electrons. The number of aromatic nitrogens is 3. The molecular formula is C18H15N7O. The van der Waals surface area contributed by atoms with E-state index in [1.54, 1.807) is 42.5 Å². The van der Waals surface area contributed by atoms with Crippen LogP contribution in [0.5, 0.6) is 0 Å². The Morgan fingerprint density at radius 2 is 1.81 bits per heavy atom. The summed E-state index contributed by atoms with van der Waals surface area (Å²) in [7, 11) is 0. The van der Waals surface area contributed by atoms with Gasteiger partial charge in [-0.25, -0.2) is 0 Å². The fourth-order valence-electron chi connectivity index (χ4n) is 2.20. The highest BCUT2D eigenvalue weighted by Gasteiger charge is 2.03. The highest BCUT2D eigenvalue weighted by atomic mass is 16.1. The molecule has 0 aliphatic carbocycles. The molecule has 8 nitrogen and oxygen atoms in total. The lowest BCUT2D eigenvalue weighted by molar-refractivity contribution is -0.114. The Balaban J connectivity index is 1.71. The van der Waals surface area contributed by atoms with Crippen molar-refractivity contribution in [3.63, 3.8) is 0 Å². The summed E-state index contributed by atoms with van der Waals surface area (Å²) in [5, 5.41) is 25.6. The molecule has 0 bridgehead atoms. The number of hydrogen-bond donors (Lipinski definition) is 3. The van der Waals surface area contributed by atoms with Crippen molar-refractivity contribution < 1.29 is 4.79 Å². The number of carbonyl (C=O) groups excluding carboxylic acids is 1. The lowest BCUT2D eigenvalue weighted by Crippen LogP contribution is -2.06. The summed E-state index contributed by atoms with van der Waals surface area (Å²) in [6, 6.07) is 16.3. The molecule has 0 fully saturated rings. The third-order valence-electron chi connectivity index (χ3n) is 3.28. The van der Waals surface area contributed by atoms with Crippen molar-refractivity contribution in [3.8, 4) is 6.07 Å². The first-order chi connectivity index (χ1) is 12.6.